The van der Waals surface area contributed by atoms with E-state index in [1.807, 2.05) is 0 Å². The smallest absolute Gasteiger partial charge is 0.0126 e. The molecular weight excluding hydrogens is 170 g/mol. The zero-order valence-electron chi connectivity index (χ0n) is 9.34. The Morgan fingerprint density at radius 1 is 1.00 bits per heavy atom. The summed E-state index contributed by atoms with van der Waals surface area (Å²) in [5.74, 6) is 4.19. The van der Waals surface area contributed by atoms with E-state index in [-0.39, 0.29) is 0 Å². The van der Waals surface area contributed by atoms with Crippen molar-refractivity contribution in [2.75, 3.05) is 6.54 Å². The molecule has 1 N–H and O–H groups in total. The van der Waals surface area contributed by atoms with Crippen molar-refractivity contribution in [3.8, 4) is 0 Å². The highest BCUT2D eigenvalue weighted by Crippen LogP contribution is 2.49. The summed E-state index contributed by atoms with van der Waals surface area (Å²) in [6.45, 7) is 3.74. The van der Waals surface area contributed by atoms with Gasteiger partial charge in [0.05, 0.1) is 0 Å². The van der Waals surface area contributed by atoms with Crippen LogP contribution in [0.4, 0.5) is 0 Å². The van der Waals surface area contributed by atoms with Gasteiger partial charge in [-0.1, -0.05) is 13.3 Å². The topological polar surface area (TPSA) is 12.0 Å². The first kappa shape index (κ1) is 9.21. The van der Waals surface area contributed by atoms with Gasteiger partial charge in [-0.15, -0.1) is 0 Å². The molecule has 1 heterocycles. The van der Waals surface area contributed by atoms with Crippen molar-refractivity contribution in [2.24, 2.45) is 23.7 Å². The number of piperidine rings is 1. The third-order valence-corrected chi connectivity index (χ3v) is 5.01. The van der Waals surface area contributed by atoms with Crippen molar-refractivity contribution in [3.05, 3.63) is 0 Å². The lowest BCUT2D eigenvalue weighted by Crippen LogP contribution is -2.43. The summed E-state index contributed by atoms with van der Waals surface area (Å²) in [5, 5.41) is 3.80. The number of nitrogens with one attached hydrogen (secondary N) is 1. The van der Waals surface area contributed by atoms with E-state index in [1.54, 1.807) is 6.42 Å². The maximum atomic E-state index is 3.80. The average molecular weight is 193 g/mol. The Kier molecular flexibility index (Phi) is 2.31. The van der Waals surface area contributed by atoms with Crippen molar-refractivity contribution >= 4 is 0 Å². The molecule has 3 aliphatic rings. The van der Waals surface area contributed by atoms with Crippen LogP contribution in [0.15, 0.2) is 0 Å². The molecule has 3 rings (SSSR count). The molecule has 0 amide bonds. The van der Waals surface area contributed by atoms with E-state index < -0.39 is 0 Å². The molecule has 3 fully saturated rings. The van der Waals surface area contributed by atoms with Gasteiger partial charge in [-0.2, -0.15) is 0 Å². The zero-order chi connectivity index (χ0) is 9.54. The van der Waals surface area contributed by atoms with Crippen molar-refractivity contribution < 1.29 is 0 Å². The normalized spacial score (nSPS) is 52.5. The molecule has 0 aromatic carbocycles. The van der Waals surface area contributed by atoms with Crippen LogP contribution in [0.2, 0.25) is 0 Å². The minimum Gasteiger partial charge on any atom is -0.313 e. The van der Waals surface area contributed by atoms with E-state index in [0.29, 0.717) is 0 Å². The summed E-state index contributed by atoms with van der Waals surface area (Å²) in [5.41, 5.74) is 0. The molecule has 5 atom stereocenters. The van der Waals surface area contributed by atoms with E-state index >= 15 is 0 Å². The molecule has 2 aliphatic carbocycles. The van der Waals surface area contributed by atoms with Crippen LogP contribution >= 0.6 is 0 Å². The molecule has 14 heavy (non-hydrogen) atoms. The van der Waals surface area contributed by atoms with Crippen molar-refractivity contribution in [1.29, 1.82) is 0 Å². The van der Waals surface area contributed by atoms with Crippen LogP contribution in [0.5, 0.6) is 0 Å². The van der Waals surface area contributed by atoms with E-state index in [0.717, 1.165) is 29.7 Å². The molecule has 0 spiro atoms. The minimum atomic E-state index is 0.918. The monoisotopic (exact) mass is 193 g/mol. The first-order valence-corrected chi connectivity index (χ1v) is 6.58. The molecule has 0 radical (unpaired) electrons. The third-order valence-electron chi connectivity index (χ3n) is 5.01. The zero-order valence-corrected chi connectivity index (χ0v) is 9.34. The lowest BCUT2D eigenvalue weighted by Gasteiger charge is -2.35. The number of hydrogen-bond donors (Lipinski definition) is 1. The lowest BCUT2D eigenvalue weighted by atomic mass is 9.75. The van der Waals surface area contributed by atoms with Gasteiger partial charge >= 0.3 is 0 Å². The average Bonchev–Trinajstić information content (AvgIpc) is 2.54. The Hall–Kier alpha value is -0.0400. The van der Waals surface area contributed by atoms with Gasteiger partial charge in [0.15, 0.2) is 0 Å². The van der Waals surface area contributed by atoms with E-state index in [2.05, 4.69) is 12.2 Å². The lowest BCUT2D eigenvalue weighted by molar-refractivity contribution is 0.187. The highest BCUT2D eigenvalue weighted by Gasteiger charge is 2.45. The third kappa shape index (κ3) is 1.41. The predicted octanol–water partition coefficient (Wildman–Crippen LogP) is 2.81. The molecule has 1 nitrogen and oxygen atoms in total. The molecule has 80 valence electrons. The highest BCUT2D eigenvalue weighted by molar-refractivity contribution is 4.99. The molecule has 2 saturated carbocycles. The summed E-state index contributed by atoms with van der Waals surface area (Å²) >= 11 is 0. The van der Waals surface area contributed by atoms with Crippen LogP contribution < -0.4 is 5.32 Å². The van der Waals surface area contributed by atoms with Gasteiger partial charge in [0.2, 0.25) is 0 Å². The second-order valence-corrected chi connectivity index (χ2v) is 5.96. The summed E-state index contributed by atoms with van der Waals surface area (Å²) in [7, 11) is 0. The predicted molar refractivity (Wildman–Crippen MR) is 59.1 cm³/mol. The van der Waals surface area contributed by atoms with Crippen LogP contribution in [0, 0.1) is 23.7 Å². The molecule has 1 heteroatoms. The van der Waals surface area contributed by atoms with Gasteiger partial charge in [-0.3, -0.25) is 0 Å². The number of rotatable bonds is 0. The fourth-order valence-corrected chi connectivity index (χ4v) is 4.40. The van der Waals surface area contributed by atoms with Crippen LogP contribution in [0.3, 0.4) is 0 Å². The quantitative estimate of drug-likeness (QED) is 0.624. The molecule has 1 aliphatic heterocycles. The van der Waals surface area contributed by atoms with E-state index in [4.69, 9.17) is 0 Å². The second kappa shape index (κ2) is 3.52. The largest absolute Gasteiger partial charge is 0.313 e. The standard InChI is InChI=1S/C13H23N/c1-9-4-5-12-11(7-9)8-10-3-2-6-14-13(10)12/h9-14H,2-8H2,1H3. The van der Waals surface area contributed by atoms with Gasteiger partial charge in [-0.25, -0.2) is 0 Å². The maximum absolute atomic E-state index is 3.80. The fourth-order valence-electron chi connectivity index (χ4n) is 4.40. The Bertz CT molecular complexity index is 213. The van der Waals surface area contributed by atoms with E-state index in [9.17, 15) is 0 Å². The minimum absolute atomic E-state index is 0.918. The molecule has 0 aromatic heterocycles. The molecule has 0 aromatic rings. The SMILES string of the molecule is CC1CCC2C(C1)CC1CCCNC12. The maximum Gasteiger partial charge on any atom is 0.0126 e. The van der Waals surface area contributed by atoms with Crippen LogP contribution in [-0.4, -0.2) is 12.6 Å². The van der Waals surface area contributed by atoms with Gasteiger partial charge in [0.1, 0.15) is 0 Å². The van der Waals surface area contributed by atoms with E-state index in [1.165, 1.54) is 38.6 Å². The van der Waals surface area contributed by atoms with Gasteiger partial charge in [0, 0.05) is 6.04 Å². The van der Waals surface area contributed by atoms with Gasteiger partial charge in [0.25, 0.3) is 0 Å². The number of fused-ring (bicyclic) bond motifs is 3. The Morgan fingerprint density at radius 3 is 2.86 bits per heavy atom. The van der Waals surface area contributed by atoms with Crippen molar-refractivity contribution in [1.82, 2.24) is 5.32 Å². The second-order valence-electron chi connectivity index (χ2n) is 5.96. The Balaban J connectivity index is 1.74. The molecule has 0 bridgehead atoms. The summed E-state index contributed by atoms with van der Waals surface area (Å²) in [6, 6.07) is 0.918. The Labute approximate surface area is 87.7 Å². The summed E-state index contributed by atoms with van der Waals surface area (Å²) in [6.07, 6.45) is 9.02. The Morgan fingerprint density at radius 2 is 1.93 bits per heavy atom. The fraction of sp³-hybridized carbons (Fsp3) is 1.00. The van der Waals surface area contributed by atoms with Crippen molar-refractivity contribution in [3.63, 3.8) is 0 Å². The first-order chi connectivity index (χ1) is 6.84. The summed E-state index contributed by atoms with van der Waals surface area (Å²) in [4.78, 5) is 0. The summed E-state index contributed by atoms with van der Waals surface area (Å²) < 4.78 is 0. The highest BCUT2D eigenvalue weighted by atomic mass is 15.0. The van der Waals surface area contributed by atoms with Gasteiger partial charge in [-0.05, 0) is 62.3 Å². The van der Waals surface area contributed by atoms with Crippen LogP contribution in [0.1, 0.15) is 45.4 Å². The van der Waals surface area contributed by atoms with Crippen LogP contribution in [0.25, 0.3) is 0 Å². The van der Waals surface area contributed by atoms with Crippen molar-refractivity contribution in [2.45, 2.75) is 51.5 Å². The molecule has 1 saturated heterocycles. The van der Waals surface area contributed by atoms with Crippen LogP contribution in [-0.2, 0) is 0 Å². The van der Waals surface area contributed by atoms with Gasteiger partial charge < -0.3 is 5.32 Å². The number of hydrogen-bond acceptors (Lipinski definition) is 1. The molecular formula is C13H23N. The molecule has 5 unspecified atom stereocenters. The first-order valence-electron chi connectivity index (χ1n) is 6.58.